The van der Waals surface area contributed by atoms with E-state index < -0.39 is 0 Å². The summed E-state index contributed by atoms with van der Waals surface area (Å²) >= 11 is 5.54. The average molecular weight is 343 g/mol. The van der Waals surface area contributed by atoms with Crippen LogP contribution in [0.15, 0.2) is 47.1 Å². The molecule has 1 fully saturated rings. The van der Waals surface area contributed by atoms with Gasteiger partial charge in [-0.1, -0.05) is 25.1 Å². The van der Waals surface area contributed by atoms with Gasteiger partial charge in [-0.3, -0.25) is 4.79 Å². The van der Waals surface area contributed by atoms with E-state index in [1.54, 1.807) is 17.0 Å². The Morgan fingerprint density at radius 3 is 2.50 bits per heavy atom. The number of hydrogen-bond donors (Lipinski definition) is 1. The van der Waals surface area contributed by atoms with Gasteiger partial charge in [-0.05, 0) is 42.4 Å². The molecule has 0 saturated carbocycles. The number of carbonyl (C=O) groups excluding carboxylic acids is 1. The van der Waals surface area contributed by atoms with Crippen LogP contribution in [0.25, 0.3) is 0 Å². The molecule has 5 nitrogen and oxygen atoms in total. The topological polar surface area (TPSA) is 48.7 Å². The molecule has 1 aromatic carbocycles. The van der Waals surface area contributed by atoms with E-state index in [9.17, 15) is 4.79 Å². The molecule has 0 spiro atoms. The Labute approximate surface area is 147 Å². The Hall–Kier alpha value is -2.34. The monoisotopic (exact) mass is 343 g/mol. The zero-order valence-corrected chi connectivity index (χ0v) is 14.5. The second kappa shape index (κ2) is 7.49. The molecule has 2 aromatic rings. The van der Waals surface area contributed by atoms with E-state index in [1.165, 1.54) is 11.8 Å². The van der Waals surface area contributed by atoms with Crippen LogP contribution in [0.5, 0.6) is 0 Å². The molecule has 0 atom stereocenters. The number of thiocarbonyl (C=S) groups is 1. The third-order valence-electron chi connectivity index (χ3n) is 4.23. The largest absolute Gasteiger partial charge is 0.459 e. The molecule has 126 valence electrons. The van der Waals surface area contributed by atoms with Gasteiger partial charge in [0.25, 0.3) is 5.91 Å². The molecule has 3 rings (SSSR count). The molecule has 1 amide bonds. The van der Waals surface area contributed by atoms with Gasteiger partial charge >= 0.3 is 0 Å². The van der Waals surface area contributed by atoms with Gasteiger partial charge in [-0.15, -0.1) is 0 Å². The maximum atomic E-state index is 12.3. The molecule has 0 aliphatic carbocycles. The van der Waals surface area contributed by atoms with E-state index >= 15 is 0 Å². The van der Waals surface area contributed by atoms with Gasteiger partial charge in [-0.2, -0.15) is 0 Å². The zero-order chi connectivity index (χ0) is 16.9. The number of benzene rings is 1. The van der Waals surface area contributed by atoms with Gasteiger partial charge in [-0.25, -0.2) is 0 Å². The van der Waals surface area contributed by atoms with Crippen LogP contribution in [0.1, 0.15) is 23.0 Å². The van der Waals surface area contributed by atoms with E-state index in [0.717, 1.165) is 12.1 Å². The number of aryl methyl sites for hydroxylation is 1. The quantitative estimate of drug-likeness (QED) is 0.868. The van der Waals surface area contributed by atoms with Crippen LogP contribution in [-0.2, 0) is 6.42 Å². The first-order chi connectivity index (χ1) is 11.7. The molecule has 1 aliphatic heterocycles. The highest BCUT2D eigenvalue weighted by Gasteiger charge is 2.24. The predicted molar refractivity (Wildman–Crippen MR) is 98.2 cm³/mol. The fraction of sp³-hybridized carbons (Fsp3) is 0.333. The highest BCUT2D eigenvalue weighted by Crippen LogP contribution is 2.17. The Morgan fingerprint density at radius 1 is 1.12 bits per heavy atom. The molecule has 1 saturated heterocycles. The third-order valence-corrected chi connectivity index (χ3v) is 4.59. The summed E-state index contributed by atoms with van der Waals surface area (Å²) in [6, 6.07) is 11.6. The van der Waals surface area contributed by atoms with Crippen molar-refractivity contribution in [3.8, 4) is 0 Å². The van der Waals surface area contributed by atoms with Crippen LogP contribution in [0.2, 0.25) is 0 Å². The molecule has 0 unspecified atom stereocenters. The first kappa shape index (κ1) is 16.5. The van der Waals surface area contributed by atoms with Crippen molar-refractivity contribution < 1.29 is 9.21 Å². The number of piperazine rings is 1. The number of carbonyl (C=O) groups is 1. The van der Waals surface area contributed by atoms with E-state index in [1.807, 2.05) is 18.2 Å². The summed E-state index contributed by atoms with van der Waals surface area (Å²) in [5.41, 5.74) is 2.30. The van der Waals surface area contributed by atoms with Gasteiger partial charge in [0.05, 0.1) is 6.26 Å². The highest BCUT2D eigenvalue weighted by molar-refractivity contribution is 7.80. The summed E-state index contributed by atoms with van der Waals surface area (Å²) in [5.74, 6) is 0.330. The normalized spacial score (nSPS) is 14.5. The minimum Gasteiger partial charge on any atom is -0.459 e. The van der Waals surface area contributed by atoms with E-state index in [0.29, 0.717) is 37.1 Å². The summed E-state index contributed by atoms with van der Waals surface area (Å²) in [4.78, 5) is 16.2. The number of amides is 1. The van der Waals surface area contributed by atoms with E-state index in [-0.39, 0.29) is 5.91 Å². The molecule has 0 bridgehead atoms. The summed E-state index contributed by atoms with van der Waals surface area (Å²) in [5, 5.41) is 4.05. The fourth-order valence-corrected chi connectivity index (χ4v) is 3.11. The lowest BCUT2D eigenvalue weighted by Gasteiger charge is -2.36. The van der Waals surface area contributed by atoms with Crippen molar-refractivity contribution in [3.63, 3.8) is 0 Å². The van der Waals surface area contributed by atoms with Gasteiger partial charge < -0.3 is 19.5 Å². The summed E-state index contributed by atoms with van der Waals surface area (Å²) < 4.78 is 5.18. The lowest BCUT2D eigenvalue weighted by Crippen LogP contribution is -2.51. The molecule has 24 heavy (non-hydrogen) atoms. The first-order valence-electron chi connectivity index (χ1n) is 8.15. The van der Waals surface area contributed by atoms with Crippen LogP contribution in [0.3, 0.4) is 0 Å². The van der Waals surface area contributed by atoms with Crippen molar-refractivity contribution in [2.24, 2.45) is 0 Å². The second-order valence-corrected chi connectivity index (χ2v) is 6.08. The molecular formula is C18H21N3O2S. The number of anilines is 1. The Bertz CT molecular complexity index is 707. The fourth-order valence-electron chi connectivity index (χ4n) is 2.81. The number of furan rings is 1. The molecular weight excluding hydrogens is 322 g/mol. The molecule has 0 radical (unpaired) electrons. The van der Waals surface area contributed by atoms with Crippen molar-refractivity contribution in [2.45, 2.75) is 13.3 Å². The molecule has 1 N–H and O–H groups in total. The minimum absolute atomic E-state index is 0.0603. The lowest BCUT2D eigenvalue weighted by atomic mass is 10.1. The average Bonchev–Trinajstić information content (AvgIpc) is 3.16. The van der Waals surface area contributed by atoms with Crippen molar-refractivity contribution >= 4 is 28.9 Å². The van der Waals surface area contributed by atoms with E-state index in [4.69, 9.17) is 16.6 Å². The Kier molecular flexibility index (Phi) is 5.15. The zero-order valence-electron chi connectivity index (χ0n) is 13.7. The number of hydrogen-bond acceptors (Lipinski definition) is 3. The standard InChI is InChI=1S/C18H21N3O2S/c1-2-14-6-3-4-7-15(14)19-18(24)21-11-9-20(10-12-21)17(22)16-8-5-13-23-16/h3-8,13H,2,9-12H2,1H3,(H,19,24). The van der Waals surface area contributed by atoms with Crippen LogP contribution in [-0.4, -0.2) is 47.0 Å². The number of rotatable bonds is 3. The van der Waals surface area contributed by atoms with Crippen LogP contribution in [0.4, 0.5) is 5.69 Å². The van der Waals surface area contributed by atoms with E-state index in [2.05, 4.69) is 23.2 Å². The second-order valence-electron chi connectivity index (χ2n) is 5.70. The van der Waals surface area contributed by atoms with Gasteiger partial charge in [0.15, 0.2) is 10.9 Å². The summed E-state index contributed by atoms with van der Waals surface area (Å²) in [6.07, 6.45) is 2.48. The molecule has 6 heteroatoms. The first-order valence-corrected chi connectivity index (χ1v) is 8.56. The van der Waals surface area contributed by atoms with Crippen molar-refractivity contribution in [1.29, 1.82) is 0 Å². The predicted octanol–water partition coefficient (Wildman–Crippen LogP) is 3.00. The SMILES string of the molecule is CCc1ccccc1NC(=S)N1CCN(C(=O)c2ccco2)CC1. The molecule has 1 aliphatic rings. The van der Waals surface area contributed by atoms with Gasteiger partial charge in [0.1, 0.15) is 0 Å². The Morgan fingerprint density at radius 2 is 1.83 bits per heavy atom. The molecule has 1 aromatic heterocycles. The smallest absolute Gasteiger partial charge is 0.289 e. The highest BCUT2D eigenvalue weighted by atomic mass is 32.1. The van der Waals surface area contributed by atoms with Crippen LogP contribution < -0.4 is 5.32 Å². The van der Waals surface area contributed by atoms with Crippen molar-refractivity contribution in [2.75, 3.05) is 31.5 Å². The molecule has 2 heterocycles. The third kappa shape index (κ3) is 3.59. The van der Waals surface area contributed by atoms with Crippen LogP contribution >= 0.6 is 12.2 Å². The lowest BCUT2D eigenvalue weighted by molar-refractivity contribution is 0.0661. The number of nitrogens with zero attached hydrogens (tertiary/aromatic N) is 2. The summed E-state index contributed by atoms with van der Waals surface area (Å²) in [7, 11) is 0. The number of nitrogens with one attached hydrogen (secondary N) is 1. The maximum Gasteiger partial charge on any atom is 0.289 e. The Balaban J connectivity index is 1.56. The van der Waals surface area contributed by atoms with Gasteiger partial charge in [0, 0.05) is 31.9 Å². The minimum atomic E-state index is -0.0603. The summed E-state index contributed by atoms with van der Waals surface area (Å²) in [6.45, 7) is 4.83. The van der Waals surface area contributed by atoms with Crippen molar-refractivity contribution in [3.05, 3.63) is 54.0 Å². The number of para-hydroxylation sites is 1. The van der Waals surface area contributed by atoms with Gasteiger partial charge in [0.2, 0.25) is 0 Å². The maximum absolute atomic E-state index is 12.3. The van der Waals surface area contributed by atoms with Crippen molar-refractivity contribution in [1.82, 2.24) is 9.80 Å². The van der Waals surface area contributed by atoms with Crippen LogP contribution in [0, 0.1) is 0 Å².